The van der Waals surface area contributed by atoms with Crippen LogP contribution in [0.25, 0.3) is 0 Å². The molecule has 1 saturated heterocycles. The molecule has 6 heteroatoms. The van der Waals surface area contributed by atoms with Crippen LogP contribution in [0.15, 0.2) is 0 Å². The second-order valence-corrected chi connectivity index (χ2v) is 3.00. The van der Waals surface area contributed by atoms with Crippen LogP contribution in [0.2, 0.25) is 0 Å². The molecule has 0 aromatic carbocycles. The highest BCUT2D eigenvalue weighted by atomic mass is 35.5. The zero-order valence-electron chi connectivity index (χ0n) is 6.17. The van der Waals surface area contributed by atoms with Crippen molar-refractivity contribution in [3.8, 4) is 0 Å². The van der Waals surface area contributed by atoms with E-state index >= 15 is 0 Å². The highest BCUT2D eigenvalue weighted by molar-refractivity contribution is 6.18. The fourth-order valence-corrected chi connectivity index (χ4v) is 1.31. The van der Waals surface area contributed by atoms with Crippen LogP contribution in [0.5, 0.6) is 0 Å². The third-order valence-corrected chi connectivity index (χ3v) is 2.14. The first-order chi connectivity index (χ1) is 5.57. The topological polar surface area (TPSA) is 90.2 Å². The lowest BCUT2D eigenvalue weighted by atomic mass is 10.0. The predicted octanol–water partition coefficient (Wildman–Crippen LogP) is -1.97. The molecule has 1 unspecified atom stereocenters. The second kappa shape index (κ2) is 3.87. The molecule has 0 aromatic heterocycles. The van der Waals surface area contributed by atoms with E-state index in [9.17, 15) is 5.11 Å². The smallest absolute Gasteiger partial charge is 0.184 e. The van der Waals surface area contributed by atoms with Crippen molar-refractivity contribution < 1.29 is 25.2 Å². The molecule has 0 aliphatic carbocycles. The van der Waals surface area contributed by atoms with E-state index in [1.165, 1.54) is 0 Å². The van der Waals surface area contributed by atoms with Crippen molar-refractivity contribution in [2.45, 2.75) is 30.7 Å². The average molecular weight is 199 g/mol. The fraction of sp³-hybridized carbons (Fsp3) is 1.00. The lowest BCUT2D eigenvalue weighted by molar-refractivity contribution is -0.276. The van der Waals surface area contributed by atoms with Crippen molar-refractivity contribution in [3.63, 3.8) is 0 Å². The van der Waals surface area contributed by atoms with Gasteiger partial charge in [0.1, 0.15) is 24.4 Å². The van der Waals surface area contributed by atoms with Crippen molar-refractivity contribution in [2.24, 2.45) is 0 Å². The van der Waals surface area contributed by atoms with Gasteiger partial charge in [-0.1, -0.05) is 0 Å². The Kier molecular flexibility index (Phi) is 3.28. The van der Waals surface area contributed by atoms with Gasteiger partial charge in [-0.05, 0) is 0 Å². The van der Waals surface area contributed by atoms with Crippen molar-refractivity contribution in [1.29, 1.82) is 0 Å². The summed E-state index contributed by atoms with van der Waals surface area (Å²) in [6.45, 7) is 0. The molecule has 0 bridgehead atoms. The molecular weight excluding hydrogens is 188 g/mol. The first-order valence-corrected chi connectivity index (χ1v) is 4.05. The number of ether oxygens (including phenoxy) is 1. The molecule has 12 heavy (non-hydrogen) atoms. The first kappa shape index (κ1) is 10.2. The Hall–Kier alpha value is 0.0900. The zero-order valence-corrected chi connectivity index (χ0v) is 6.92. The van der Waals surface area contributed by atoms with Crippen molar-refractivity contribution >= 4 is 11.6 Å². The van der Waals surface area contributed by atoms with E-state index in [1.807, 2.05) is 0 Å². The molecule has 0 aromatic rings. The first-order valence-electron chi connectivity index (χ1n) is 3.51. The van der Waals surface area contributed by atoms with E-state index < -0.39 is 30.7 Å². The largest absolute Gasteiger partial charge is 0.388 e. The van der Waals surface area contributed by atoms with Crippen LogP contribution in [0.3, 0.4) is 0 Å². The van der Waals surface area contributed by atoms with Gasteiger partial charge in [-0.3, -0.25) is 0 Å². The van der Waals surface area contributed by atoms with Crippen LogP contribution in [-0.2, 0) is 4.74 Å². The summed E-state index contributed by atoms with van der Waals surface area (Å²) < 4.78 is 4.69. The number of hydrogen-bond donors (Lipinski definition) is 4. The highest BCUT2D eigenvalue weighted by Gasteiger charge is 2.42. The summed E-state index contributed by atoms with van der Waals surface area (Å²) in [5.41, 5.74) is 0. The highest BCUT2D eigenvalue weighted by Crippen LogP contribution is 2.20. The Bertz CT molecular complexity index is 150. The minimum Gasteiger partial charge on any atom is -0.388 e. The molecule has 1 fully saturated rings. The summed E-state index contributed by atoms with van der Waals surface area (Å²) in [4.78, 5) is 0. The van der Waals surface area contributed by atoms with Crippen LogP contribution >= 0.6 is 11.6 Å². The lowest BCUT2D eigenvalue weighted by Crippen LogP contribution is -2.57. The van der Waals surface area contributed by atoms with Crippen LogP contribution in [0.1, 0.15) is 0 Å². The Morgan fingerprint density at radius 1 is 1.00 bits per heavy atom. The summed E-state index contributed by atoms with van der Waals surface area (Å²) in [7, 11) is 0. The van der Waals surface area contributed by atoms with Gasteiger partial charge in [0.2, 0.25) is 0 Å². The van der Waals surface area contributed by atoms with Crippen molar-refractivity contribution in [1.82, 2.24) is 0 Å². The normalized spacial score (nSPS) is 49.2. The number of halogens is 1. The van der Waals surface area contributed by atoms with E-state index in [1.54, 1.807) is 0 Å². The third kappa shape index (κ3) is 1.71. The van der Waals surface area contributed by atoms with Crippen LogP contribution < -0.4 is 0 Å². The van der Waals surface area contributed by atoms with Crippen LogP contribution in [-0.4, -0.2) is 57.0 Å². The Morgan fingerprint density at radius 2 is 1.58 bits per heavy atom. The summed E-state index contributed by atoms with van der Waals surface area (Å²) in [6, 6.07) is 0. The van der Waals surface area contributed by atoms with Gasteiger partial charge in [-0.2, -0.15) is 0 Å². The number of hydrogen-bond acceptors (Lipinski definition) is 5. The van der Waals surface area contributed by atoms with Gasteiger partial charge in [0.15, 0.2) is 6.29 Å². The SMILES string of the molecule is OC1O[C@@H](CCl)[C@@H](O)[C@@H](O)[C@@H]1O. The van der Waals surface area contributed by atoms with E-state index in [2.05, 4.69) is 0 Å². The van der Waals surface area contributed by atoms with Crippen LogP contribution in [0, 0.1) is 0 Å². The van der Waals surface area contributed by atoms with Gasteiger partial charge in [-0.15, -0.1) is 11.6 Å². The maximum absolute atomic E-state index is 9.20. The Balaban J connectivity index is 2.63. The van der Waals surface area contributed by atoms with Gasteiger partial charge in [0.05, 0.1) is 5.88 Å². The number of aliphatic hydroxyl groups is 4. The molecule has 1 heterocycles. The van der Waals surface area contributed by atoms with E-state index in [-0.39, 0.29) is 5.88 Å². The molecule has 1 aliphatic heterocycles. The average Bonchev–Trinajstić information content (AvgIpc) is 2.08. The Morgan fingerprint density at radius 3 is 2.08 bits per heavy atom. The molecule has 4 N–H and O–H groups in total. The minimum atomic E-state index is -1.49. The summed E-state index contributed by atoms with van der Waals surface area (Å²) in [5.74, 6) is -0.0536. The fourth-order valence-electron chi connectivity index (χ4n) is 1.06. The molecule has 1 aliphatic rings. The molecule has 5 atom stereocenters. The molecule has 0 spiro atoms. The van der Waals surface area contributed by atoms with Crippen LogP contribution in [0.4, 0.5) is 0 Å². The van der Waals surface area contributed by atoms with Gasteiger partial charge >= 0.3 is 0 Å². The number of alkyl halides is 1. The quantitative estimate of drug-likeness (QED) is 0.367. The van der Waals surface area contributed by atoms with Gasteiger partial charge < -0.3 is 25.2 Å². The molecule has 1 rings (SSSR count). The molecule has 0 saturated carbocycles. The van der Waals surface area contributed by atoms with E-state index in [4.69, 9.17) is 31.7 Å². The molecule has 72 valence electrons. The minimum absolute atomic E-state index is 0.0536. The zero-order chi connectivity index (χ0) is 9.30. The number of rotatable bonds is 1. The summed E-state index contributed by atoms with van der Waals surface area (Å²) >= 11 is 5.36. The van der Waals surface area contributed by atoms with Gasteiger partial charge in [0.25, 0.3) is 0 Å². The van der Waals surface area contributed by atoms with E-state index in [0.717, 1.165) is 0 Å². The van der Waals surface area contributed by atoms with Gasteiger partial charge in [-0.25, -0.2) is 0 Å². The number of aliphatic hydroxyl groups excluding tert-OH is 4. The standard InChI is InChI=1S/C6H11ClO5/c7-1-2-3(8)4(9)5(10)6(11)12-2/h2-6,8-11H,1H2/t2-,3+,4+,5-,6?/m0/s1. The maximum atomic E-state index is 9.20. The van der Waals surface area contributed by atoms with E-state index in [0.29, 0.717) is 0 Å². The molecule has 0 radical (unpaired) electrons. The van der Waals surface area contributed by atoms with Crippen molar-refractivity contribution in [3.05, 3.63) is 0 Å². The van der Waals surface area contributed by atoms with Crippen molar-refractivity contribution in [2.75, 3.05) is 5.88 Å². The lowest BCUT2D eigenvalue weighted by Gasteiger charge is -2.37. The third-order valence-electron chi connectivity index (χ3n) is 1.84. The summed E-state index contributed by atoms with van der Waals surface area (Å²) in [5, 5.41) is 36.3. The monoisotopic (exact) mass is 198 g/mol. The maximum Gasteiger partial charge on any atom is 0.184 e. The molecule has 5 nitrogen and oxygen atoms in total. The second-order valence-electron chi connectivity index (χ2n) is 2.69. The van der Waals surface area contributed by atoms with Gasteiger partial charge in [0, 0.05) is 0 Å². The predicted molar refractivity (Wildman–Crippen MR) is 39.6 cm³/mol. The Labute approximate surface area is 74.2 Å². The molecular formula is C6H11ClO5. The summed E-state index contributed by atoms with van der Waals surface area (Å²) in [6.07, 6.45) is -6.51. The molecule has 0 amide bonds.